The summed E-state index contributed by atoms with van der Waals surface area (Å²) >= 11 is 0. The second-order valence-corrected chi connectivity index (χ2v) is 9.46. The quantitative estimate of drug-likeness (QED) is 0.374. The molecule has 174 valence electrons. The van der Waals surface area contributed by atoms with E-state index in [-0.39, 0.29) is 17.4 Å². The molecule has 33 heavy (non-hydrogen) atoms. The van der Waals surface area contributed by atoms with Gasteiger partial charge in [0.2, 0.25) is 0 Å². The maximum atomic E-state index is 13.2. The van der Waals surface area contributed by atoms with Crippen LogP contribution in [-0.4, -0.2) is 39.3 Å². The number of benzene rings is 1. The van der Waals surface area contributed by atoms with Crippen molar-refractivity contribution in [2.45, 2.75) is 65.0 Å². The molecule has 1 aliphatic carbocycles. The zero-order chi connectivity index (χ0) is 23.5. The number of rotatable bonds is 6. The van der Waals surface area contributed by atoms with E-state index < -0.39 is 17.7 Å². The minimum Gasteiger partial charge on any atom is -0.507 e. The van der Waals surface area contributed by atoms with Gasteiger partial charge in [0.15, 0.2) is 0 Å². The number of hydrogen-bond acceptors (Lipinski definition) is 5. The highest BCUT2D eigenvalue weighted by atomic mass is 16.5. The predicted octanol–water partition coefficient (Wildman–Crippen LogP) is 5.18. The molecule has 6 heteroatoms. The van der Waals surface area contributed by atoms with E-state index in [9.17, 15) is 14.7 Å². The molecule has 1 aromatic heterocycles. The van der Waals surface area contributed by atoms with Crippen molar-refractivity contribution >= 4 is 17.4 Å². The molecule has 1 saturated carbocycles. The van der Waals surface area contributed by atoms with Gasteiger partial charge in [-0.2, -0.15) is 0 Å². The Bertz CT molecular complexity index is 1060. The van der Waals surface area contributed by atoms with Gasteiger partial charge in [-0.05, 0) is 67.1 Å². The van der Waals surface area contributed by atoms with Crippen LogP contribution in [-0.2, 0) is 9.59 Å². The molecule has 2 aromatic rings. The summed E-state index contributed by atoms with van der Waals surface area (Å²) in [5.41, 5.74) is 2.30. The van der Waals surface area contributed by atoms with Crippen molar-refractivity contribution in [3.63, 3.8) is 0 Å². The van der Waals surface area contributed by atoms with Gasteiger partial charge in [0.1, 0.15) is 11.5 Å². The number of ketones is 1. The first-order valence-electron chi connectivity index (χ1n) is 11.8. The van der Waals surface area contributed by atoms with Crippen LogP contribution in [0.5, 0.6) is 5.75 Å². The molecule has 1 aliphatic heterocycles. The summed E-state index contributed by atoms with van der Waals surface area (Å²) in [6.07, 6.45) is 8.26. The number of ether oxygens (including phenoxy) is 1. The topological polar surface area (TPSA) is 79.7 Å². The lowest BCUT2D eigenvalue weighted by Gasteiger charge is -2.35. The number of likely N-dealkylation sites (tertiary alicyclic amines) is 1. The highest BCUT2D eigenvalue weighted by molar-refractivity contribution is 6.46. The molecule has 2 fully saturated rings. The number of aromatic nitrogens is 1. The molecule has 1 atom stereocenters. The second kappa shape index (κ2) is 9.77. The van der Waals surface area contributed by atoms with Crippen molar-refractivity contribution in [2.24, 2.45) is 5.92 Å². The summed E-state index contributed by atoms with van der Waals surface area (Å²) in [6, 6.07) is 8.37. The van der Waals surface area contributed by atoms with E-state index in [2.05, 4.69) is 18.8 Å². The highest BCUT2D eigenvalue weighted by Gasteiger charge is 2.48. The molecule has 1 N–H and O–H groups in total. The van der Waals surface area contributed by atoms with Gasteiger partial charge in [-0.25, -0.2) is 0 Å². The van der Waals surface area contributed by atoms with Gasteiger partial charge in [0.05, 0.1) is 18.2 Å². The number of Topliss-reactive ketones (excluding diaryl/α,β-unsaturated/α-hetero) is 1. The Labute approximate surface area is 195 Å². The van der Waals surface area contributed by atoms with Gasteiger partial charge in [-0.1, -0.05) is 33.1 Å². The molecule has 0 radical (unpaired) electrons. The summed E-state index contributed by atoms with van der Waals surface area (Å²) in [7, 11) is 0. The van der Waals surface area contributed by atoms with Gasteiger partial charge in [0, 0.05) is 24.0 Å². The molecule has 1 aromatic carbocycles. The van der Waals surface area contributed by atoms with Crippen molar-refractivity contribution in [3.05, 3.63) is 65.0 Å². The maximum absolute atomic E-state index is 13.2. The van der Waals surface area contributed by atoms with Crippen LogP contribution in [0.1, 0.15) is 68.7 Å². The summed E-state index contributed by atoms with van der Waals surface area (Å²) < 4.78 is 5.85. The maximum Gasteiger partial charge on any atom is 0.295 e. The number of hydrogen-bond donors (Lipinski definition) is 1. The Balaban J connectivity index is 1.77. The second-order valence-electron chi connectivity index (χ2n) is 9.46. The number of aliphatic hydroxyl groups excluding tert-OH is 1. The minimum absolute atomic E-state index is 0.00721. The number of pyridine rings is 1. The molecular weight excluding hydrogens is 416 g/mol. The average Bonchev–Trinajstić information content (AvgIpc) is 3.09. The third-order valence-electron chi connectivity index (χ3n) is 6.49. The Morgan fingerprint density at radius 2 is 1.82 bits per heavy atom. The molecule has 1 amide bonds. The smallest absolute Gasteiger partial charge is 0.295 e. The van der Waals surface area contributed by atoms with Crippen LogP contribution in [0, 0.1) is 12.8 Å². The fourth-order valence-electron chi connectivity index (χ4n) is 4.83. The predicted molar refractivity (Wildman–Crippen MR) is 127 cm³/mol. The Morgan fingerprint density at radius 1 is 1.12 bits per heavy atom. The van der Waals surface area contributed by atoms with Crippen molar-refractivity contribution in [2.75, 3.05) is 6.61 Å². The lowest BCUT2D eigenvalue weighted by atomic mass is 9.91. The van der Waals surface area contributed by atoms with E-state index in [0.717, 1.165) is 49.0 Å². The molecular formula is C27H32N2O4. The van der Waals surface area contributed by atoms with Crippen LogP contribution >= 0.6 is 0 Å². The molecule has 6 nitrogen and oxygen atoms in total. The molecule has 0 spiro atoms. The first kappa shape index (κ1) is 23.0. The van der Waals surface area contributed by atoms with Crippen LogP contribution < -0.4 is 4.74 Å². The Hall–Kier alpha value is -3.15. The molecule has 2 aliphatic rings. The zero-order valence-electron chi connectivity index (χ0n) is 19.6. The first-order valence-corrected chi connectivity index (χ1v) is 11.8. The Morgan fingerprint density at radius 3 is 2.45 bits per heavy atom. The first-order chi connectivity index (χ1) is 15.9. The van der Waals surface area contributed by atoms with Crippen molar-refractivity contribution in [1.29, 1.82) is 0 Å². The number of carbonyl (C=O) groups excluding carboxylic acids is 2. The fraction of sp³-hybridized carbons (Fsp3) is 0.444. The largest absolute Gasteiger partial charge is 0.507 e. The SMILES string of the molecule is Cc1cc(/C(O)=C2/C(=O)C(=O)N(C3CCCCC3)C2c2ccncc2)ccc1OCC(C)C. The lowest BCUT2D eigenvalue weighted by Crippen LogP contribution is -2.40. The average molecular weight is 449 g/mol. The minimum atomic E-state index is -0.627. The van der Waals surface area contributed by atoms with Gasteiger partial charge in [0.25, 0.3) is 11.7 Å². The summed E-state index contributed by atoms with van der Waals surface area (Å²) in [4.78, 5) is 32.2. The fourth-order valence-corrected chi connectivity index (χ4v) is 4.83. The van der Waals surface area contributed by atoms with Gasteiger partial charge < -0.3 is 14.7 Å². The van der Waals surface area contributed by atoms with E-state index in [1.807, 2.05) is 31.2 Å². The van der Waals surface area contributed by atoms with E-state index in [4.69, 9.17) is 4.74 Å². The summed E-state index contributed by atoms with van der Waals surface area (Å²) in [6.45, 7) is 6.67. The molecule has 2 heterocycles. The zero-order valence-corrected chi connectivity index (χ0v) is 19.6. The standard InChI is InChI=1S/C27H32N2O4/c1-17(2)16-33-22-10-9-20(15-18(22)3)25(30)23-24(19-11-13-28-14-12-19)29(27(32)26(23)31)21-7-5-4-6-8-21/h9-15,17,21,24,30H,4-8,16H2,1-3H3/b25-23-. The molecule has 0 bridgehead atoms. The van der Waals surface area contributed by atoms with Crippen molar-refractivity contribution < 1.29 is 19.4 Å². The van der Waals surface area contributed by atoms with Crippen LogP contribution in [0.25, 0.3) is 5.76 Å². The third kappa shape index (κ3) is 4.65. The Kier molecular flexibility index (Phi) is 6.82. The summed E-state index contributed by atoms with van der Waals surface area (Å²) in [5, 5.41) is 11.3. The van der Waals surface area contributed by atoms with Crippen molar-refractivity contribution in [1.82, 2.24) is 9.88 Å². The van der Waals surface area contributed by atoms with Gasteiger partial charge >= 0.3 is 0 Å². The van der Waals surface area contributed by atoms with Crippen LogP contribution in [0.4, 0.5) is 0 Å². The number of amides is 1. The number of aliphatic hydroxyl groups is 1. The number of carbonyl (C=O) groups is 2. The highest BCUT2D eigenvalue weighted by Crippen LogP contribution is 2.43. The third-order valence-corrected chi connectivity index (χ3v) is 6.49. The van der Waals surface area contributed by atoms with Crippen molar-refractivity contribution in [3.8, 4) is 5.75 Å². The van der Waals surface area contributed by atoms with E-state index in [0.29, 0.717) is 18.1 Å². The van der Waals surface area contributed by atoms with E-state index in [1.165, 1.54) is 0 Å². The summed E-state index contributed by atoms with van der Waals surface area (Å²) in [5.74, 6) is -0.161. The lowest BCUT2D eigenvalue weighted by molar-refractivity contribution is -0.141. The van der Waals surface area contributed by atoms with Crippen LogP contribution in [0.15, 0.2) is 48.3 Å². The monoisotopic (exact) mass is 448 g/mol. The van der Waals surface area contributed by atoms with Crippen LogP contribution in [0.3, 0.4) is 0 Å². The molecule has 4 rings (SSSR count). The molecule has 1 unspecified atom stereocenters. The van der Waals surface area contributed by atoms with Gasteiger partial charge in [-0.3, -0.25) is 14.6 Å². The van der Waals surface area contributed by atoms with Gasteiger partial charge in [-0.15, -0.1) is 0 Å². The van der Waals surface area contributed by atoms with E-state index in [1.54, 1.807) is 23.4 Å². The number of aryl methyl sites for hydroxylation is 1. The molecule has 1 saturated heterocycles. The van der Waals surface area contributed by atoms with E-state index >= 15 is 0 Å². The number of nitrogens with zero attached hydrogens (tertiary/aromatic N) is 2. The normalized spacial score (nSPS) is 21.1. The van der Waals surface area contributed by atoms with Crippen LogP contribution in [0.2, 0.25) is 0 Å².